The topological polar surface area (TPSA) is 92.8 Å². The van der Waals surface area contributed by atoms with E-state index in [2.05, 4.69) is 5.32 Å². The van der Waals surface area contributed by atoms with Gasteiger partial charge in [0.05, 0.1) is 22.2 Å². The van der Waals surface area contributed by atoms with E-state index in [0.717, 1.165) is 5.56 Å². The fraction of sp³-hybridized carbons (Fsp3) is 0.167. The third-order valence-electron chi connectivity index (χ3n) is 4.88. The number of benzene rings is 3. The summed E-state index contributed by atoms with van der Waals surface area (Å²) in [5.74, 6) is -1.15. The average molecular weight is 453 g/mol. The minimum Gasteiger partial charge on any atom is -0.452 e. The number of nitrogens with zero attached hydrogens (tertiary/aromatic N) is 1. The van der Waals surface area contributed by atoms with Crippen LogP contribution in [0.25, 0.3) is 0 Å². The third-order valence-corrected chi connectivity index (χ3v) is 6.68. The van der Waals surface area contributed by atoms with Crippen molar-refractivity contribution in [3.05, 3.63) is 96.1 Å². The molecule has 166 valence electrons. The van der Waals surface area contributed by atoms with Crippen molar-refractivity contribution >= 4 is 27.6 Å². The lowest BCUT2D eigenvalue weighted by atomic mass is 10.1. The van der Waals surface area contributed by atoms with Crippen LogP contribution in [0.5, 0.6) is 0 Å². The summed E-state index contributed by atoms with van der Waals surface area (Å²) < 4.78 is 31.8. The van der Waals surface area contributed by atoms with Crippen LogP contribution < -0.4 is 9.62 Å². The van der Waals surface area contributed by atoms with Crippen LogP contribution in [-0.2, 0) is 19.6 Å². The van der Waals surface area contributed by atoms with Gasteiger partial charge >= 0.3 is 5.97 Å². The van der Waals surface area contributed by atoms with Gasteiger partial charge in [-0.3, -0.25) is 9.10 Å². The number of hydrogen-bond acceptors (Lipinski definition) is 5. The quantitative estimate of drug-likeness (QED) is 0.528. The molecule has 0 radical (unpaired) electrons. The highest BCUT2D eigenvalue weighted by molar-refractivity contribution is 7.92. The molecule has 3 aromatic carbocycles. The van der Waals surface area contributed by atoms with Crippen LogP contribution in [0, 0.1) is 0 Å². The van der Waals surface area contributed by atoms with E-state index in [9.17, 15) is 18.0 Å². The molecule has 7 nitrogen and oxygen atoms in total. The number of anilines is 1. The molecule has 1 atom stereocenters. The van der Waals surface area contributed by atoms with Gasteiger partial charge in [0.1, 0.15) is 0 Å². The first kappa shape index (κ1) is 23.0. The zero-order valence-corrected chi connectivity index (χ0v) is 18.6. The molecule has 0 aliphatic carbocycles. The fourth-order valence-corrected chi connectivity index (χ4v) is 4.22. The minimum absolute atomic E-state index is 0.0369. The summed E-state index contributed by atoms with van der Waals surface area (Å²) in [4.78, 5) is 24.4. The van der Waals surface area contributed by atoms with Crippen LogP contribution in [0.4, 0.5) is 5.69 Å². The Balaban J connectivity index is 1.58. The lowest BCUT2D eigenvalue weighted by Gasteiger charge is -2.19. The molecule has 32 heavy (non-hydrogen) atoms. The first-order valence-electron chi connectivity index (χ1n) is 9.94. The van der Waals surface area contributed by atoms with Crippen LogP contribution in [0.15, 0.2) is 89.8 Å². The van der Waals surface area contributed by atoms with Gasteiger partial charge in [-0.05, 0) is 48.9 Å². The van der Waals surface area contributed by atoms with Gasteiger partial charge in [0, 0.05) is 7.05 Å². The van der Waals surface area contributed by atoms with Gasteiger partial charge < -0.3 is 10.1 Å². The number of carbonyl (C=O) groups excluding carboxylic acids is 2. The Morgan fingerprint density at radius 3 is 2.06 bits per heavy atom. The Hall–Kier alpha value is -3.65. The Morgan fingerprint density at radius 2 is 1.47 bits per heavy atom. The molecular formula is C24H24N2O5S. The van der Waals surface area contributed by atoms with E-state index in [-0.39, 0.29) is 16.5 Å². The summed E-state index contributed by atoms with van der Waals surface area (Å²) in [7, 11) is -2.32. The highest BCUT2D eigenvalue weighted by Crippen LogP contribution is 2.22. The Bertz CT molecular complexity index is 1160. The first-order chi connectivity index (χ1) is 15.3. The van der Waals surface area contributed by atoms with Gasteiger partial charge in [0.25, 0.3) is 15.9 Å². The predicted molar refractivity (Wildman–Crippen MR) is 122 cm³/mol. The highest BCUT2D eigenvalue weighted by Gasteiger charge is 2.22. The Labute approximate surface area is 187 Å². The van der Waals surface area contributed by atoms with E-state index in [1.54, 1.807) is 30.3 Å². The zero-order valence-electron chi connectivity index (χ0n) is 17.8. The van der Waals surface area contributed by atoms with E-state index < -0.39 is 28.5 Å². The number of esters is 1. The molecule has 0 saturated heterocycles. The van der Waals surface area contributed by atoms with Crippen LogP contribution in [0.1, 0.15) is 28.9 Å². The molecule has 3 rings (SSSR count). The number of sulfonamides is 1. The monoisotopic (exact) mass is 452 g/mol. The zero-order chi connectivity index (χ0) is 23.1. The van der Waals surface area contributed by atoms with Gasteiger partial charge in [0.15, 0.2) is 6.61 Å². The molecule has 0 saturated carbocycles. The molecule has 0 heterocycles. The standard InChI is InChI=1S/C24H24N2O5S/c1-18(19-9-5-3-6-10-19)25-23(27)17-31-24(28)20-13-15-22(16-14-20)32(29,30)26(2)21-11-7-4-8-12-21/h3-16,18H,17H2,1-2H3,(H,25,27)/t18-/m1/s1. The van der Waals surface area contributed by atoms with Crippen LogP contribution in [-0.4, -0.2) is 33.9 Å². The molecule has 1 amide bonds. The average Bonchev–Trinajstić information content (AvgIpc) is 2.83. The molecule has 8 heteroatoms. The van der Waals surface area contributed by atoms with Crippen molar-refractivity contribution in [2.24, 2.45) is 0 Å². The molecule has 0 fully saturated rings. The van der Waals surface area contributed by atoms with Gasteiger partial charge in [0.2, 0.25) is 0 Å². The smallest absolute Gasteiger partial charge is 0.338 e. The molecular weight excluding hydrogens is 428 g/mol. The lowest BCUT2D eigenvalue weighted by Crippen LogP contribution is -2.31. The summed E-state index contributed by atoms with van der Waals surface area (Å²) in [5, 5.41) is 2.76. The largest absolute Gasteiger partial charge is 0.452 e. The van der Waals surface area contributed by atoms with Crippen molar-refractivity contribution in [1.29, 1.82) is 0 Å². The normalized spacial score (nSPS) is 11.9. The van der Waals surface area contributed by atoms with Gasteiger partial charge in [-0.1, -0.05) is 48.5 Å². The van der Waals surface area contributed by atoms with E-state index in [4.69, 9.17) is 4.74 Å². The number of nitrogens with one attached hydrogen (secondary N) is 1. The number of ether oxygens (including phenoxy) is 1. The number of rotatable bonds is 8. The maximum Gasteiger partial charge on any atom is 0.338 e. The molecule has 1 N–H and O–H groups in total. The number of para-hydroxylation sites is 1. The van der Waals surface area contributed by atoms with Gasteiger partial charge in [-0.2, -0.15) is 0 Å². The van der Waals surface area contributed by atoms with Crippen molar-refractivity contribution in [2.75, 3.05) is 18.0 Å². The number of hydrogen-bond donors (Lipinski definition) is 1. The van der Waals surface area contributed by atoms with E-state index in [1.165, 1.54) is 35.6 Å². The number of carbonyl (C=O) groups is 2. The molecule has 0 aliphatic heterocycles. The fourth-order valence-electron chi connectivity index (χ4n) is 3.02. The molecule has 0 aromatic heterocycles. The van der Waals surface area contributed by atoms with Crippen molar-refractivity contribution in [3.63, 3.8) is 0 Å². The van der Waals surface area contributed by atoms with Crippen LogP contribution in [0.2, 0.25) is 0 Å². The summed E-state index contributed by atoms with van der Waals surface area (Å²) in [6.07, 6.45) is 0. The van der Waals surface area contributed by atoms with Crippen molar-refractivity contribution < 1.29 is 22.7 Å². The molecule has 0 aliphatic rings. The summed E-state index contributed by atoms with van der Waals surface area (Å²) in [6, 6.07) is 23.2. The Kier molecular flexibility index (Phi) is 7.27. The van der Waals surface area contributed by atoms with E-state index in [1.807, 2.05) is 37.3 Å². The van der Waals surface area contributed by atoms with Crippen molar-refractivity contribution in [1.82, 2.24) is 5.32 Å². The maximum absolute atomic E-state index is 12.8. The third kappa shape index (κ3) is 5.53. The Morgan fingerprint density at radius 1 is 0.906 bits per heavy atom. The molecule has 0 spiro atoms. The lowest BCUT2D eigenvalue weighted by molar-refractivity contribution is -0.124. The minimum atomic E-state index is -3.78. The van der Waals surface area contributed by atoms with Crippen LogP contribution >= 0.6 is 0 Å². The summed E-state index contributed by atoms with van der Waals surface area (Å²) in [6.45, 7) is 1.40. The second kappa shape index (κ2) is 10.1. The first-order valence-corrected chi connectivity index (χ1v) is 11.4. The van der Waals surface area contributed by atoms with E-state index >= 15 is 0 Å². The predicted octanol–water partition coefficient (Wildman–Crippen LogP) is 3.55. The number of amides is 1. The SMILES string of the molecule is C[C@@H](NC(=O)COC(=O)c1ccc(S(=O)(=O)N(C)c2ccccc2)cc1)c1ccccc1. The highest BCUT2D eigenvalue weighted by atomic mass is 32.2. The molecule has 0 bridgehead atoms. The second-order valence-electron chi connectivity index (χ2n) is 7.11. The maximum atomic E-state index is 12.8. The van der Waals surface area contributed by atoms with E-state index in [0.29, 0.717) is 5.69 Å². The van der Waals surface area contributed by atoms with Crippen molar-refractivity contribution in [3.8, 4) is 0 Å². The summed E-state index contributed by atoms with van der Waals surface area (Å²) in [5.41, 5.74) is 1.60. The van der Waals surface area contributed by atoms with Gasteiger partial charge in [-0.15, -0.1) is 0 Å². The van der Waals surface area contributed by atoms with Crippen molar-refractivity contribution in [2.45, 2.75) is 17.9 Å². The van der Waals surface area contributed by atoms with Gasteiger partial charge in [-0.25, -0.2) is 13.2 Å². The van der Waals surface area contributed by atoms with Crippen LogP contribution in [0.3, 0.4) is 0 Å². The second-order valence-corrected chi connectivity index (χ2v) is 9.08. The molecule has 3 aromatic rings. The summed E-state index contributed by atoms with van der Waals surface area (Å²) >= 11 is 0. The molecule has 0 unspecified atom stereocenters.